The lowest BCUT2D eigenvalue weighted by atomic mass is 10.1. The molecule has 2 aromatic carbocycles. The van der Waals surface area contributed by atoms with E-state index in [1.807, 2.05) is 35.4 Å². The molecule has 8 heteroatoms. The lowest BCUT2D eigenvalue weighted by molar-refractivity contribution is 0.0747. The molecule has 4 rings (SSSR count). The highest BCUT2D eigenvalue weighted by Gasteiger charge is 2.23. The number of carbonyl (C=O) groups is 1. The van der Waals surface area contributed by atoms with Gasteiger partial charge in [0, 0.05) is 37.4 Å². The zero-order valence-corrected chi connectivity index (χ0v) is 17.7. The number of aryl methyl sites for hydroxylation is 1. The summed E-state index contributed by atoms with van der Waals surface area (Å²) in [5.74, 6) is 0.0685. The predicted molar refractivity (Wildman–Crippen MR) is 115 cm³/mol. The number of thioether (sulfide) groups is 1. The van der Waals surface area contributed by atoms with Crippen LogP contribution in [0.1, 0.15) is 21.5 Å². The lowest BCUT2D eigenvalue weighted by Gasteiger charge is -2.37. The van der Waals surface area contributed by atoms with Crippen molar-refractivity contribution in [2.75, 3.05) is 37.3 Å². The van der Waals surface area contributed by atoms with Crippen LogP contribution in [0.4, 0.5) is 5.69 Å². The van der Waals surface area contributed by atoms with Crippen LogP contribution in [0, 0.1) is 13.8 Å². The van der Waals surface area contributed by atoms with Crippen molar-refractivity contribution >= 4 is 23.4 Å². The minimum atomic E-state index is 0.0685. The number of amides is 1. The van der Waals surface area contributed by atoms with Crippen molar-refractivity contribution < 1.29 is 4.79 Å². The van der Waals surface area contributed by atoms with Gasteiger partial charge in [-0.3, -0.25) is 4.79 Å². The van der Waals surface area contributed by atoms with E-state index >= 15 is 0 Å². The molecule has 1 aliphatic heterocycles. The third-order valence-electron chi connectivity index (χ3n) is 5.47. The van der Waals surface area contributed by atoms with Crippen molar-refractivity contribution in [2.24, 2.45) is 0 Å². The molecule has 1 aromatic heterocycles. The number of hydrogen-bond acceptors (Lipinski definition) is 6. The van der Waals surface area contributed by atoms with E-state index in [2.05, 4.69) is 52.5 Å². The Bertz CT molecular complexity index is 1010. The maximum Gasteiger partial charge on any atom is 0.253 e. The van der Waals surface area contributed by atoms with Crippen LogP contribution >= 0.6 is 11.8 Å². The van der Waals surface area contributed by atoms with Gasteiger partial charge in [0.05, 0.1) is 5.69 Å². The molecule has 0 atom stereocenters. The number of benzene rings is 2. The van der Waals surface area contributed by atoms with E-state index in [1.54, 1.807) is 4.68 Å². The molecule has 2 heterocycles. The summed E-state index contributed by atoms with van der Waals surface area (Å²) >= 11 is 1.48. The molecule has 150 valence electrons. The molecule has 1 saturated heterocycles. The molecule has 0 aliphatic carbocycles. The van der Waals surface area contributed by atoms with Crippen LogP contribution in [-0.4, -0.2) is 63.4 Å². The maximum absolute atomic E-state index is 12.9. The van der Waals surface area contributed by atoms with Gasteiger partial charge in [0.2, 0.25) is 5.16 Å². The highest BCUT2D eigenvalue weighted by Crippen LogP contribution is 2.24. The predicted octanol–water partition coefficient (Wildman–Crippen LogP) is 2.96. The SMILES string of the molecule is CSc1nnnn1-c1ccc(C(=O)N2CCN(c3cccc(C)c3C)CC2)cc1. The zero-order chi connectivity index (χ0) is 20.4. The van der Waals surface area contributed by atoms with Gasteiger partial charge in [-0.15, -0.1) is 5.10 Å². The molecule has 0 unspecified atom stereocenters. The topological polar surface area (TPSA) is 67.2 Å². The molecular weight excluding hydrogens is 384 g/mol. The van der Waals surface area contributed by atoms with Gasteiger partial charge >= 0.3 is 0 Å². The van der Waals surface area contributed by atoms with E-state index in [0.29, 0.717) is 10.7 Å². The van der Waals surface area contributed by atoms with Gasteiger partial charge in [-0.1, -0.05) is 23.9 Å². The van der Waals surface area contributed by atoms with Gasteiger partial charge in [0.15, 0.2) is 0 Å². The van der Waals surface area contributed by atoms with Crippen LogP contribution in [-0.2, 0) is 0 Å². The van der Waals surface area contributed by atoms with E-state index < -0.39 is 0 Å². The van der Waals surface area contributed by atoms with E-state index in [4.69, 9.17) is 0 Å². The Morgan fingerprint density at radius 1 is 1.00 bits per heavy atom. The van der Waals surface area contributed by atoms with Gasteiger partial charge in [-0.25, -0.2) is 0 Å². The molecule has 1 fully saturated rings. The third kappa shape index (κ3) is 3.85. The second-order valence-electron chi connectivity index (χ2n) is 7.12. The monoisotopic (exact) mass is 408 g/mol. The number of carbonyl (C=O) groups excluding carboxylic acids is 1. The number of anilines is 1. The fourth-order valence-electron chi connectivity index (χ4n) is 3.62. The van der Waals surface area contributed by atoms with E-state index in [-0.39, 0.29) is 5.91 Å². The van der Waals surface area contributed by atoms with E-state index in [1.165, 1.54) is 28.6 Å². The van der Waals surface area contributed by atoms with Crippen LogP contribution < -0.4 is 4.90 Å². The maximum atomic E-state index is 12.9. The molecule has 0 spiro atoms. The normalized spacial score (nSPS) is 14.3. The highest BCUT2D eigenvalue weighted by molar-refractivity contribution is 7.98. The molecule has 0 N–H and O–H groups in total. The van der Waals surface area contributed by atoms with Crippen molar-refractivity contribution in [3.63, 3.8) is 0 Å². The fourth-order valence-corrected chi connectivity index (χ4v) is 4.06. The Balaban J connectivity index is 1.43. The largest absolute Gasteiger partial charge is 0.368 e. The minimum absolute atomic E-state index is 0.0685. The summed E-state index contributed by atoms with van der Waals surface area (Å²) < 4.78 is 1.67. The van der Waals surface area contributed by atoms with Crippen LogP contribution in [0.2, 0.25) is 0 Å². The summed E-state index contributed by atoms with van der Waals surface area (Å²) in [6.07, 6.45) is 1.93. The Morgan fingerprint density at radius 2 is 1.72 bits per heavy atom. The minimum Gasteiger partial charge on any atom is -0.368 e. The van der Waals surface area contributed by atoms with Crippen molar-refractivity contribution in [3.05, 3.63) is 59.2 Å². The molecule has 0 saturated carbocycles. The molecule has 1 amide bonds. The smallest absolute Gasteiger partial charge is 0.253 e. The molecule has 0 radical (unpaired) electrons. The highest BCUT2D eigenvalue weighted by atomic mass is 32.2. The van der Waals surface area contributed by atoms with Crippen LogP contribution in [0.3, 0.4) is 0 Å². The van der Waals surface area contributed by atoms with Gasteiger partial charge < -0.3 is 9.80 Å². The first-order chi connectivity index (χ1) is 14.1. The average Bonchev–Trinajstić information content (AvgIpc) is 3.24. The number of piperazine rings is 1. The quantitative estimate of drug-likeness (QED) is 0.619. The zero-order valence-electron chi connectivity index (χ0n) is 16.9. The Kier molecular flexibility index (Phi) is 5.53. The fraction of sp³-hybridized carbons (Fsp3) is 0.333. The molecule has 29 heavy (non-hydrogen) atoms. The Morgan fingerprint density at radius 3 is 2.41 bits per heavy atom. The number of nitrogens with zero attached hydrogens (tertiary/aromatic N) is 6. The molecule has 0 bridgehead atoms. The molecule has 1 aliphatic rings. The van der Waals surface area contributed by atoms with E-state index in [0.717, 1.165) is 31.9 Å². The van der Waals surface area contributed by atoms with Crippen LogP contribution in [0.25, 0.3) is 5.69 Å². The van der Waals surface area contributed by atoms with Crippen molar-refractivity contribution in [1.82, 2.24) is 25.1 Å². The van der Waals surface area contributed by atoms with Gasteiger partial charge in [-0.2, -0.15) is 4.68 Å². The van der Waals surface area contributed by atoms with E-state index in [9.17, 15) is 4.79 Å². The third-order valence-corrected chi connectivity index (χ3v) is 6.09. The summed E-state index contributed by atoms with van der Waals surface area (Å²) in [7, 11) is 0. The summed E-state index contributed by atoms with van der Waals surface area (Å²) in [5, 5.41) is 12.4. The van der Waals surface area contributed by atoms with Crippen molar-refractivity contribution in [3.8, 4) is 5.69 Å². The number of hydrogen-bond donors (Lipinski definition) is 0. The van der Waals surface area contributed by atoms with Crippen LogP contribution in [0.5, 0.6) is 0 Å². The summed E-state index contributed by atoms with van der Waals surface area (Å²) in [5.41, 5.74) is 5.42. The number of rotatable bonds is 4. The van der Waals surface area contributed by atoms with Crippen molar-refractivity contribution in [1.29, 1.82) is 0 Å². The first kappa shape index (κ1) is 19.4. The van der Waals surface area contributed by atoms with Gasteiger partial charge in [0.25, 0.3) is 5.91 Å². The summed E-state index contributed by atoms with van der Waals surface area (Å²) in [6, 6.07) is 13.9. The first-order valence-electron chi connectivity index (χ1n) is 9.61. The van der Waals surface area contributed by atoms with Crippen molar-refractivity contribution in [2.45, 2.75) is 19.0 Å². The summed E-state index contributed by atoms with van der Waals surface area (Å²) in [4.78, 5) is 17.2. The second kappa shape index (κ2) is 8.24. The standard InChI is InChI=1S/C21H24N6OS/c1-15-5-4-6-19(16(15)2)25-11-13-26(14-12-25)20(28)17-7-9-18(10-8-17)27-21(29-3)22-23-24-27/h4-10H,11-14H2,1-3H3. The average molecular weight is 409 g/mol. The Hall–Kier alpha value is -2.87. The molecular formula is C21H24N6OS. The second-order valence-corrected chi connectivity index (χ2v) is 7.90. The molecule has 7 nitrogen and oxygen atoms in total. The van der Waals surface area contributed by atoms with Gasteiger partial charge in [-0.05, 0) is 72.0 Å². The van der Waals surface area contributed by atoms with Gasteiger partial charge in [0.1, 0.15) is 0 Å². The Labute approximate surface area is 174 Å². The first-order valence-corrected chi connectivity index (χ1v) is 10.8. The number of tetrazole rings is 1. The lowest BCUT2D eigenvalue weighted by Crippen LogP contribution is -2.49. The number of aromatic nitrogens is 4. The van der Waals surface area contributed by atoms with Crippen LogP contribution in [0.15, 0.2) is 47.6 Å². The molecule has 3 aromatic rings. The summed E-state index contributed by atoms with van der Waals surface area (Å²) in [6.45, 7) is 7.43.